The summed E-state index contributed by atoms with van der Waals surface area (Å²) in [5.41, 5.74) is 2.30. The van der Waals surface area contributed by atoms with Gasteiger partial charge < -0.3 is 19.4 Å². The second-order valence-electron chi connectivity index (χ2n) is 8.20. The van der Waals surface area contributed by atoms with E-state index >= 15 is 0 Å². The molecule has 1 unspecified atom stereocenters. The average molecular weight is 443 g/mol. The lowest BCUT2D eigenvalue weighted by atomic mass is 10.1. The van der Waals surface area contributed by atoms with Crippen molar-refractivity contribution < 1.29 is 17.9 Å². The van der Waals surface area contributed by atoms with Gasteiger partial charge in [-0.3, -0.25) is 0 Å². The van der Waals surface area contributed by atoms with Gasteiger partial charge in [-0.2, -0.15) is 0 Å². The highest BCUT2D eigenvalue weighted by atomic mass is 32.2. The number of rotatable bonds is 4. The first-order valence-corrected chi connectivity index (χ1v) is 12.3. The standard InChI is InChI=1S/C22H26N4O4S/c1-14-13-30-8-7-26(14)21-12-19(20-4-3-9-31(20,27)28)24-22(25-21)17-10-15(29-2)11-18-16(17)5-6-23-18/h5-6,10-12,14,20,23H,3-4,7-9,13H2,1-2H3/t14-,20?/m1/s1. The lowest BCUT2D eigenvalue weighted by Crippen LogP contribution is -2.44. The van der Waals surface area contributed by atoms with Gasteiger partial charge in [0.2, 0.25) is 0 Å². The van der Waals surface area contributed by atoms with Gasteiger partial charge in [0.05, 0.1) is 37.8 Å². The van der Waals surface area contributed by atoms with E-state index in [0.29, 0.717) is 49.9 Å². The van der Waals surface area contributed by atoms with Gasteiger partial charge in [-0.05, 0) is 31.9 Å². The van der Waals surface area contributed by atoms with Gasteiger partial charge in [-0.25, -0.2) is 18.4 Å². The molecule has 0 radical (unpaired) electrons. The van der Waals surface area contributed by atoms with Crippen molar-refractivity contribution in [2.75, 3.05) is 37.5 Å². The Bertz CT molecular complexity index is 1220. The van der Waals surface area contributed by atoms with Crippen LogP contribution in [0, 0.1) is 0 Å². The number of hydrogen-bond donors (Lipinski definition) is 1. The monoisotopic (exact) mass is 442 g/mol. The largest absolute Gasteiger partial charge is 0.497 e. The first kappa shape index (κ1) is 20.3. The van der Waals surface area contributed by atoms with Crippen LogP contribution in [-0.2, 0) is 14.6 Å². The minimum Gasteiger partial charge on any atom is -0.497 e. The zero-order chi connectivity index (χ0) is 21.6. The Morgan fingerprint density at radius 2 is 2.13 bits per heavy atom. The van der Waals surface area contributed by atoms with Gasteiger partial charge in [-0.1, -0.05) is 0 Å². The van der Waals surface area contributed by atoms with Crippen molar-refractivity contribution in [3.63, 3.8) is 0 Å². The molecule has 0 aliphatic carbocycles. The smallest absolute Gasteiger partial charge is 0.162 e. The summed E-state index contributed by atoms with van der Waals surface area (Å²) < 4.78 is 36.5. The maximum Gasteiger partial charge on any atom is 0.162 e. The maximum atomic E-state index is 12.7. The van der Waals surface area contributed by atoms with Crippen molar-refractivity contribution in [3.8, 4) is 17.1 Å². The maximum absolute atomic E-state index is 12.7. The molecule has 0 bridgehead atoms. The number of benzene rings is 1. The summed E-state index contributed by atoms with van der Waals surface area (Å²) in [4.78, 5) is 15.1. The van der Waals surface area contributed by atoms with Gasteiger partial charge in [-0.15, -0.1) is 0 Å². The third kappa shape index (κ3) is 3.65. The highest BCUT2D eigenvalue weighted by Gasteiger charge is 2.35. The summed E-state index contributed by atoms with van der Waals surface area (Å²) in [6, 6.07) is 7.80. The van der Waals surface area contributed by atoms with E-state index in [-0.39, 0.29) is 11.8 Å². The van der Waals surface area contributed by atoms with Gasteiger partial charge >= 0.3 is 0 Å². The molecule has 2 atom stereocenters. The first-order valence-electron chi connectivity index (χ1n) is 10.6. The molecule has 0 spiro atoms. The van der Waals surface area contributed by atoms with E-state index in [1.165, 1.54) is 0 Å². The van der Waals surface area contributed by atoms with E-state index in [2.05, 4.69) is 16.8 Å². The van der Waals surface area contributed by atoms with Crippen molar-refractivity contribution in [1.29, 1.82) is 0 Å². The van der Waals surface area contributed by atoms with Crippen molar-refractivity contribution in [2.24, 2.45) is 0 Å². The number of sulfone groups is 1. The normalized spacial score (nSPS) is 23.4. The molecular weight excluding hydrogens is 416 g/mol. The number of anilines is 1. The molecule has 0 saturated carbocycles. The van der Waals surface area contributed by atoms with Crippen LogP contribution in [0.3, 0.4) is 0 Å². The molecule has 31 heavy (non-hydrogen) atoms. The number of hydrogen-bond acceptors (Lipinski definition) is 7. The zero-order valence-electron chi connectivity index (χ0n) is 17.7. The molecule has 0 amide bonds. The number of aromatic nitrogens is 3. The quantitative estimate of drug-likeness (QED) is 0.663. The summed E-state index contributed by atoms with van der Waals surface area (Å²) in [7, 11) is -1.59. The van der Waals surface area contributed by atoms with E-state index in [1.807, 2.05) is 30.5 Å². The summed E-state index contributed by atoms with van der Waals surface area (Å²) >= 11 is 0. The van der Waals surface area contributed by atoms with Crippen LogP contribution in [0.4, 0.5) is 5.82 Å². The van der Waals surface area contributed by atoms with E-state index in [9.17, 15) is 8.42 Å². The van der Waals surface area contributed by atoms with Gasteiger partial charge in [0.25, 0.3) is 0 Å². The zero-order valence-corrected chi connectivity index (χ0v) is 18.5. The number of aromatic amines is 1. The second-order valence-corrected chi connectivity index (χ2v) is 10.5. The molecule has 2 saturated heterocycles. The van der Waals surface area contributed by atoms with Crippen LogP contribution in [0.15, 0.2) is 30.5 Å². The van der Waals surface area contributed by atoms with Crippen LogP contribution in [0.5, 0.6) is 5.75 Å². The van der Waals surface area contributed by atoms with E-state index < -0.39 is 15.1 Å². The molecule has 1 N–H and O–H groups in total. The molecular formula is C22H26N4O4S. The van der Waals surface area contributed by atoms with Crippen LogP contribution in [-0.4, -0.2) is 62.0 Å². The van der Waals surface area contributed by atoms with Crippen molar-refractivity contribution >= 4 is 26.6 Å². The highest BCUT2D eigenvalue weighted by molar-refractivity contribution is 7.91. The number of H-pyrrole nitrogens is 1. The predicted octanol–water partition coefficient (Wildman–Crippen LogP) is 3.11. The number of morpholine rings is 1. The number of methoxy groups -OCH3 is 1. The molecule has 2 aromatic heterocycles. The van der Waals surface area contributed by atoms with Crippen LogP contribution in [0.2, 0.25) is 0 Å². The van der Waals surface area contributed by atoms with Crippen LogP contribution in [0.1, 0.15) is 30.7 Å². The predicted molar refractivity (Wildman–Crippen MR) is 119 cm³/mol. The molecule has 1 aromatic carbocycles. The Balaban J connectivity index is 1.71. The van der Waals surface area contributed by atoms with Crippen LogP contribution >= 0.6 is 0 Å². The third-order valence-corrected chi connectivity index (χ3v) is 8.37. The van der Waals surface area contributed by atoms with E-state index in [4.69, 9.17) is 19.4 Å². The molecule has 164 valence electrons. The molecule has 8 nitrogen and oxygen atoms in total. The summed E-state index contributed by atoms with van der Waals surface area (Å²) in [5.74, 6) is 2.15. The second kappa shape index (κ2) is 7.80. The fourth-order valence-corrected chi connectivity index (χ4v) is 6.39. The summed E-state index contributed by atoms with van der Waals surface area (Å²) in [5, 5.41) is 0.380. The van der Waals surface area contributed by atoms with Gasteiger partial charge in [0, 0.05) is 41.3 Å². The highest BCUT2D eigenvalue weighted by Crippen LogP contribution is 2.38. The molecule has 2 aliphatic rings. The average Bonchev–Trinajstić information content (AvgIpc) is 3.38. The fourth-order valence-electron chi connectivity index (χ4n) is 4.52. The lowest BCUT2D eigenvalue weighted by Gasteiger charge is -2.34. The summed E-state index contributed by atoms with van der Waals surface area (Å²) in [6.07, 6.45) is 3.12. The Kier molecular flexibility index (Phi) is 5.10. The minimum absolute atomic E-state index is 0.141. The fraction of sp³-hybridized carbons (Fsp3) is 0.455. The Morgan fingerprint density at radius 1 is 1.26 bits per heavy atom. The molecule has 2 aliphatic heterocycles. The van der Waals surface area contributed by atoms with E-state index in [0.717, 1.165) is 22.3 Å². The van der Waals surface area contributed by atoms with Crippen molar-refractivity contribution in [3.05, 3.63) is 36.2 Å². The number of fused-ring (bicyclic) bond motifs is 1. The van der Waals surface area contributed by atoms with Gasteiger partial charge in [0.1, 0.15) is 16.8 Å². The third-order valence-electron chi connectivity index (χ3n) is 6.17. The SMILES string of the molecule is COc1cc(-c2nc(C3CCCS3(=O)=O)cc(N3CCOC[C@H]3C)n2)c2cc[nH]c2c1. The number of nitrogens with one attached hydrogen (secondary N) is 1. The minimum atomic E-state index is -3.21. The molecule has 3 aromatic rings. The lowest BCUT2D eigenvalue weighted by molar-refractivity contribution is 0.0985. The summed E-state index contributed by atoms with van der Waals surface area (Å²) in [6.45, 7) is 4.01. The topological polar surface area (TPSA) is 97.4 Å². The Hall–Kier alpha value is -2.65. The molecule has 2 fully saturated rings. The van der Waals surface area contributed by atoms with Crippen LogP contribution in [0.25, 0.3) is 22.3 Å². The Labute approximate surface area is 181 Å². The Morgan fingerprint density at radius 3 is 2.87 bits per heavy atom. The van der Waals surface area contributed by atoms with Crippen molar-refractivity contribution in [1.82, 2.24) is 15.0 Å². The first-order chi connectivity index (χ1) is 15.0. The van der Waals surface area contributed by atoms with Crippen LogP contribution < -0.4 is 9.64 Å². The van der Waals surface area contributed by atoms with E-state index in [1.54, 1.807) is 7.11 Å². The van der Waals surface area contributed by atoms with Gasteiger partial charge in [0.15, 0.2) is 15.7 Å². The number of nitrogens with zero attached hydrogens (tertiary/aromatic N) is 3. The van der Waals surface area contributed by atoms with Crippen molar-refractivity contribution in [2.45, 2.75) is 31.1 Å². The molecule has 9 heteroatoms. The number of ether oxygens (including phenoxy) is 2. The molecule has 5 rings (SSSR count). The molecule has 4 heterocycles.